The van der Waals surface area contributed by atoms with E-state index in [1.165, 1.54) is 11.1 Å². The maximum Gasteiger partial charge on any atom is 0.227 e. The van der Waals surface area contributed by atoms with Gasteiger partial charge in [-0.15, -0.1) is 0 Å². The van der Waals surface area contributed by atoms with Crippen LogP contribution in [-0.2, 0) is 0 Å². The predicted octanol–water partition coefficient (Wildman–Crippen LogP) is 14.5. The van der Waals surface area contributed by atoms with Crippen LogP contribution < -0.4 is 4.90 Å². The second-order valence-electron chi connectivity index (χ2n) is 13.9. The molecule has 0 aliphatic carbocycles. The van der Waals surface area contributed by atoms with Gasteiger partial charge in [0.05, 0.1) is 0 Å². The van der Waals surface area contributed by atoms with Gasteiger partial charge in [-0.3, -0.25) is 0 Å². The van der Waals surface area contributed by atoms with Crippen LogP contribution in [0.1, 0.15) is 0 Å². The first-order valence-corrected chi connectivity index (χ1v) is 18.5. The van der Waals surface area contributed by atoms with Crippen molar-refractivity contribution >= 4 is 71.6 Å². The Morgan fingerprint density at radius 3 is 1.84 bits per heavy atom. The second-order valence-corrected chi connectivity index (χ2v) is 13.9. The summed E-state index contributed by atoms with van der Waals surface area (Å²) in [5.74, 6) is 0.624. The Morgan fingerprint density at radius 1 is 0.382 bits per heavy atom. The second kappa shape index (κ2) is 12.6. The van der Waals surface area contributed by atoms with Crippen LogP contribution in [0.25, 0.3) is 88.3 Å². The highest BCUT2D eigenvalue weighted by Gasteiger charge is 2.18. The fourth-order valence-corrected chi connectivity index (χ4v) is 8.04. The molecule has 11 aromatic rings. The van der Waals surface area contributed by atoms with Crippen molar-refractivity contribution in [3.05, 3.63) is 194 Å². The molecule has 0 radical (unpaired) electrons. The van der Waals surface area contributed by atoms with Crippen LogP contribution in [0.5, 0.6) is 0 Å². The maximum atomic E-state index is 6.54. The van der Waals surface area contributed by atoms with Crippen molar-refractivity contribution in [2.75, 3.05) is 4.90 Å². The number of nitrogens with zero attached hydrogens (tertiary/aromatic N) is 2. The summed E-state index contributed by atoms with van der Waals surface area (Å²) in [7, 11) is 0. The van der Waals surface area contributed by atoms with Gasteiger partial charge in [0.15, 0.2) is 5.58 Å². The molecule has 0 saturated heterocycles. The summed E-state index contributed by atoms with van der Waals surface area (Å²) >= 11 is 0. The molecular weight excluding hydrogens is 673 g/mol. The Bertz CT molecular complexity index is 3180. The van der Waals surface area contributed by atoms with E-state index >= 15 is 0 Å². The van der Waals surface area contributed by atoms with E-state index in [0.29, 0.717) is 5.89 Å². The van der Waals surface area contributed by atoms with Gasteiger partial charge in [0.25, 0.3) is 0 Å². The highest BCUT2D eigenvalue weighted by molar-refractivity contribution is 6.19. The van der Waals surface area contributed by atoms with Gasteiger partial charge >= 0.3 is 0 Å². The van der Waals surface area contributed by atoms with E-state index < -0.39 is 0 Å². The molecule has 0 amide bonds. The van der Waals surface area contributed by atoms with Gasteiger partial charge in [-0.05, 0) is 111 Å². The van der Waals surface area contributed by atoms with E-state index in [1.54, 1.807) is 0 Å². The SMILES string of the molecule is c1ccc(-c2nc3ccc4ccc5ccc(N(c6ccccc6)c6ccc(-c7ccc8c(c7)oc7cccc(-c9ccccc9)c78)cc6)cc5c4c3o2)cc1. The summed E-state index contributed by atoms with van der Waals surface area (Å²) in [6.07, 6.45) is 0. The largest absolute Gasteiger partial charge is 0.456 e. The third kappa shape index (κ3) is 5.26. The standard InChI is InChI=1S/C51H32N2O2/c1-4-11-34(12-5-1)42-17-10-18-46-49(42)43-29-24-38(31-47(43)54-46)33-21-26-40(27-22-33)53(39-15-8-3-9-16-39)41-28-23-35-19-20-36-25-30-45-50(48(36)44(35)32-41)55-51(52-45)37-13-6-2-7-14-37/h1-32H. The van der Waals surface area contributed by atoms with Crippen molar-refractivity contribution < 1.29 is 8.83 Å². The van der Waals surface area contributed by atoms with E-state index in [0.717, 1.165) is 88.3 Å². The monoisotopic (exact) mass is 704 g/mol. The average molecular weight is 705 g/mol. The van der Waals surface area contributed by atoms with Gasteiger partial charge in [0.2, 0.25) is 5.89 Å². The topological polar surface area (TPSA) is 42.4 Å². The minimum atomic E-state index is 0.624. The molecule has 11 rings (SSSR count). The Kier molecular flexibility index (Phi) is 7.14. The number of benzene rings is 9. The molecule has 0 N–H and O–H groups in total. The Balaban J connectivity index is 1.01. The van der Waals surface area contributed by atoms with Crippen LogP contribution >= 0.6 is 0 Å². The Hall–Kier alpha value is -7.43. The average Bonchev–Trinajstić information content (AvgIpc) is 3.87. The van der Waals surface area contributed by atoms with E-state index in [4.69, 9.17) is 13.8 Å². The third-order valence-corrected chi connectivity index (χ3v) is 10.7. The Morgan fingerprint density at radius 2 is 1.04 bits per heavy atom. The van der Waals surface area contributed by atoms with E-state index in [1.807, 2.05) is 30.3 Å². The lowest BCUT2D eigenvalue weighted by atomic mass is 9.98. The van der Waals surface area contributed by atoms with Crippen LogP contribution in [0.15, 0.2) is 203 Å². The minimum absolute atomic E-state index is 0.624. The highest BCUT2D eigenvalue weighted by Crippen LogP contribution is 2.42. The number of anilines is 3. The lowest BCUT2D eigenvalue weighted by Gasteiger charge is -2.26. The molecule has 0 bridgehead atoms. The molecule has 0 spiro atoms. The number of aromatic nitrogens is 1. The van der Waals surface area contributed by atoms with Gasteiger partial charge in [-0.1, -0.05) is 121 Å². The Labute approximate surface area is 317 Å². The zero-order valence-electron chi connectivity index (χ0n) is 29.7. The van der Waals surface area contributed by atoms with E-state index in [2.05, 4.69) is 169 Å². The molecule has 0 aliphatic rings. The molecule has 4 nitrogen and oxygen atoms in total. The van der Waals surface area contributed by atoms with Crippen LogP contribution in [-0.4, -0.2) is 4.98 Å². The van der Waals surface area contributed by atoms with E-state index in [-0.39, 0.29) is 0 Å². The van der Waals surface area contributed by atoms with Crippen LogP contribution in [0, 0.1) is 0 Å². The van der Waals surface area contributed by atoms with Crippen molar-refractivity contribution in [1.82, 2.24) is 4.98 Å². The number of hydrogen-bond acceptors (Lipinski definition) is 4. The first-order chi connectivity index (χ1) is 27.2. The zero-order valence-corrected chi connectivity index (χ0v) is 29.7. The summed E-state index contributed by atoms with van der Waals surface area (Å²) in [5, 5.41) is 6.69. The fraction of sp³-hybridized carbons (Fsp3) is 0. The van der Waals surface area contributed by atoms with Gasteiger partial charge in [0, 0.05) is 38.8 Å². The summed E-state index contributed by atoms with van der Waals surface area (Å²) < 4.78 is 13.0. The van der Waals surface area contributed by atoms with Crippen molar-refractivity contribution in [3.63, 3.8) is 0 Å². The summed E-state index contributed by atoms with van der Waals surface area (Å²) in [5.41, 5.74) is 12.1. The molecule has 2 aromatic heterocycles. The number of fused-ring (bicyclic) bond motifs is 8. The van der Waals surface area contributed by atoms with Gasteiger partial charge < -0.3 is 13.7 Å². The molecule has 0 atom stereocenters. The molecule has 55 heavy (non-hydrogen) atoms. The first kappa shape index (κ1) is 31.1. The molecule has 0 fully saturated rings. The van der Waals surface area contributed by atoms with Crippen molar-refractivity contribution in [2.24, 2.45) is 0 Å². The summed E-state index contributed by atoms with van der Waals surface area (Å²) in [4.78, 5) is 7.20. The van der Waals surface area contributed by atoms with Crippen molar-refractivity contribution in [3.8, 4) is 33.7 Å². The van der Waals surface area contributed by atoms with Crippen LogP contribution in [0.3, 0.4) is 0 Å². The number of furan rings is 1. The van der Waals surface area contributed by atoms with Gasteiger partial charge in [0.1, 0.15) is 16.7 Å². The minimum Gasteiger partial charge on any atom is -0.456 e. The highest BCUT2D eigenvalue weighted by atomic mass is 16.3. The van der Waals surface area contributed by atoms with Gasteiger partial charge in [-0.2, -0.15) is 0 Å². The van der Waals surface area contributed by atoms with Crippen LogP contribution in [0.4, 0.5) is 17.1 Å². The normalized spacial score (nSPS) is 11.6. The molecule has 2 heterocycles. The zero-order chi connectivity index (χ0) is 36.3. The first-order valence-electron chi connectivity index (χ1n) is 18.5. The molecule has 4 heteroatoms. The number of oxazole rings is 1. The van der Waals surface area contributed by atoms with Crippen molar-refractivity contribution in [2.45, 2.75) is 0 Å². The molecule has 9 aromatic carbocycles. The molecule has 0 unspecified atom stereocenters. The maximum absolute atomic E-state index is 6.54. The number of para-hydroxylation sites is 1. The summed E-state index contributed by atoms with van der Waals surface area (Å²) in [6.45, 7) is 0. The van der Waals surface area contributed by atoms with Crippen molar-refractivity contribution in [1.29, 1.82) is 0 Å². The third-order valence-electron chi connectivity index (χ3n) is 10.7. The quantitative estimate of drug-likeness (QED) is 0.162. The predicted molar refractivity (Wildman–Crippen MR) is 227 cm³/mol. The fourth-order valence-electron chi connectivity index (χ4n) is 8.04. The number of rotatable bonds is 6. The summed E-state index contributed by atoms with van der Waals surface area (Å²) in [6, 6.07) is 68.0. The molecule has 258 valence electrons. The molecule has 0 saturated carbocycles. The van der Waals surface area contributed by atoms with Crippen LogP contribution in [0.2, 0.25) is 0 Å². The lowest BCUT2D eigenvalue weighted by molar-refractivity contribution is 0.623. The van der Waals surface area contributed by atoms with E-state index in [9.17, 15) is 0 Å². The number of hydrogen-bond donors (Lipinski definition) is 0. The lowest BCUT2D eigenvalue weighted by Crippen LogP contribution is -2.09. The van der Waals surface area contributed by atoms with Gasteiger partial charge in [-0.25, -0.2) is 4.98 Å². The molecule has 0 aliphatic heterocycles. The smallest absolute Gasteiger partial charge is 0.227 e. The molecular formula is C51H32N2O2.